The number of fused-ring (bicyclic) bond motifs is 1. The maximum absolute atomic E-state index is 13.2. The minimum atomic E-state index is -3.75. The first-order valence-electron chi connectivity index (χ1n) is 11.3. The van der Waals surface area contributed by atoms with Crippen LogP contribution in [-0.2, 0) is 23.0 Å². The second-order valence-corrected chi connectivity index (χ2v) is 10.1. The minimum absolute atomic E-state index is 0.0592. The highest BCUT2D eigenvalue weighted by Gasteiger charge is 2.28. The third-order valence-corrected chi connectivity index (χ3v) is 7.64. The Morgan fingerprint density at radius 3 is 2.47 bits per heavy atom. The fourth-order valence-electron chi connectivity index (χ4n) is 3.81. The van der Waals surface area contributed by atoms with Gasteiger partial charge in [0.15, 0.2) is 0 Å². The molecule has 178 valence electrons. The summed E-state index contributed by atoms with van der Waals surface area (Å²) in [4.78, 5) is 12.8. The van der Waals surface area contributed by atoms with Gasteiger partial charge in [-0.05, 0) is 84.6 Å². The van der Waals surface area contributed by atoms with Crippen molar-refractivity contribution in [1.29, 1.82) is 0 Å². The Hall–Kier alpha value is -3.23. The van der Waals surface area contributed by atoms with Crippen molar-refractivity contribution in [2.24, 2.45) is 0 Å². The van der Waals surface area contributed by atoms with Crippen molar-refractivity contribution in [3.63, 3.8) is 0 Å². The van der Waals surface area contributed by atoms with Gasteiger partial charge in [0.1, 0.15) is 11.6 Å². The van der Waals surface area contributed by atoms with Gasteiger partial charge in [-0.3, -0.25) is 4.79 Å². The number of hydrogen-bond acceptors (Lipinski definition) is 4. The maximum atomic E-state index is 13.2. The van der Waals surface area contributed by atoms with Gasteiger partial charge in [0.25, 0.3) is 5.91 Å². The summed E-state index contributed by atoms with van der Waals surface area (Å²) in [7, 11) is -3.75. The molecule has 0 saturated heterocycles. The molecule has 0 unspecified atom stereocenters. The zero-order valence-corrected chi connectivity index (χ0v) is 19.8. The number of rotatable bonds is 8. The highest BCUT2D eigenvalue weighted by Crippen LogP contribution is 2.27. The lowest BCUT2D eigenvalue weighted by molar-refractivity contribution is 0.102. The van der Waals surface area contributed by atoms with Crippen molar-refractivity contribution in [1.82, 2.24) is 4.31 Å². The van der Waals surface area contributed by atoms with Crippen LogP contribution in [0.15, 0.2) is 71.6 Å². The standard InChI is InChI=1S/C26H27FN2O4S/c1-2-3-16-33-24-10-5-20(6-11-24)26(30)28-23-9-4-19-14-15-29(18-21(19)17-23)34(31,32)25-12-7-22(27)8-13-25/h4-13,17H,2-3,14-16,18H2,1H3,(H,28,30). The molecule has 0 saturated carbocycles. The number of hydrogen-bond donors (Lipinski definition) is 1. The summed E-state index contributed by atoms with van der Waals surface area (Å²) in [6.07, 6.45) is 2.59. The Balaban J connectivity index is 1.44. The molecular formula is C26H27FN2O4S. The van der Waals surface area contributed by atoms with Gasteiger partial charge in [0, 0.05) is 24.3 Å². The molecule has 1 N–H and O–H groups in total. The number of nitrogens with one attached hydrogen (secondary N) is 1. The summed E-state index contributed by atoms with van der Waals surface area (Å²) in [5.41, 5.74) is 2.96. The number of unbranched alkanes of at least 4 members (excludes halogenated alkanes) is 1. The van der Waals surface area contributed by atoms with Gasteiger partial charge >= 0.3 is 0 Å². The first-order valence-corrected chi connectivity index (χ1v) is 12.7. The van der Waals surface area contributed by atoms with Crippen LogP contribution >= 0.6 is 0 Å². The Morgan fingerprint density at radius 2 is 1.76 bits per heavy atom. The average molecular weight is 483 g/mol. The average Bonchev–Trinajstić information content (AvgIpc) is 2.84. The van der Waals surface area contributed by atoms with Gasteiger partial charge in [-0.25, -0.2) is 12.8 Å². The Morgan fingerprint density at radius 1 is 1.03 bits per heavy atom. The van der Waals surface area contributed by atoms with Crippen molar-refractivity contribution in [3.8, 4) is 5.75 Å². The van der Waals surface area contributed by atoms with E-state index in [1.165, 1.54) is 16.4 Å². The zero-order chi connectivity index (χ0) is 24.1. The molecule has 0 aliphatic carbocycles. The summed E-state index contributed by atoms with van der Waals surface area (Å²) in [5, 5.41) is 2.88. The van der Waals surface area contributed by atoms with E-state index in [9.17, 15) is 17.6 Å². The van der Waals surface area contributed by atoms with Crippen molar-refractivity contribution in [3.05, 3.63) is 89.2 Å². The highest BCUT2D eigenvalue weighted by molar-refractivity contribution is 7.89. The predicted molar refractivity (Wildman–Crippen MR) is 129 cm³/mol. The third kappa shape index (κ3) is 5.46. The van der Waals surface area contributed by atoms with Gasteiger partial charge in [-0.15, -0.1) is 0 Å². The van der Waals surface area contributed by atoms with Gasteiger partial charge in [0.05, 0.1) is 11.5 Å². The number of benzene rings is 3. The van der Waals surface area contributed by atoms with Crippen LogP contribution in [0.4, 0.5) is 10.1 Å². The lowest BCUT2D eigenvalue weighted by Gasteiger charge is -2.28. The van der Waals surface area contributed by atoms with Crippen LogP contribution in [0.5, 0.6) is 5.75 Å². The number of nitrogens with zero attached hydrogens (tertiary/aromatic N) is 1. The number of anilines is 1. The number of carbonyl (C=O) groups excluding carboxylic acids is 1. The van der Waals surface area contributed by atoms with Crippen LogP contribution in [0.3, 0.4) is 0 Å². The first kappa shape index (κ1) is 23.9. The summed E-state index contributed by atoms with van der Waals surface area (Å²) in [6, 6.07) is 17.4. The smallest absolute Gasteiger partial charge is 0.255 e. The Labute approximate surface area is 199 Å². The molecule has 4 rings (SSSR count). The van der Waals surface area contributed by atoms with E-state index in [0.717, 1.165) is 41.9 Å². The Kier molecular flexibility index (Phi) is 7.29. The molecule has 6 nitrogen and oxygen atoms in total. The molecule has 0 spiro atoms. The fraction of sp³-hybridized carbons (Fsp3) is 0.269. The molecule has 0 atom stereocenters. The second kappa shape index (κ2) is 10.4. The molecule has 1 aliphatic rings. The lowest BCUT2D eigenvalue weighted by atomic mass is 10.0. The third-order valence-electron chi connectivity index (χ3n) is 5.78. The fourth-order valence-corrected chi connectivity index (χ4v) is 5.23. The van der Waals surface area contributed by atoms with Crippen LogP contribution in [0, 0.1) is 5.82 Å². The van der Waals surface area contributed by atoms with Crippen LogP contribution in [0.1, 0.15) is 41.3 Å². The van der Waals surface area contributed by atoms with E-state index in [1.807, 2.05) is 18.2 Å². The van der Waals surface area contributed by atoms with E-state index >= 15 is 0 Å². The molecule has 0 bridgehead atoms. The van der Waals surface area contributed by atoms with Gasteiger partial charge in [-0.2, -0.15) is 4.31 Å². The molecule has 8 heteroatoms. The van der Waals surface area contributed by atoms with Crippen LogP contribution < -0.4 is 10.1 Å². The van der Waals surface area contributed by atoms with Gasteiger partial charge < -0.3 is 10.1 Å². The van der Waals surface area contributed by atoms with Gasteiger partial charge in [-0.1, -0.05) is 19.4 Å². The normalized spacial score (nSPS) is 13.8. The number of halogens is 1. The zero-order valence-electron chi connectivity index (χ0n) is 19.0. The van der Waals surface area contributed by atoms with E-state index in [-0.39, 0.29) is 17.3 Å². The SMILES string of the molecule is CCCCOc1ccc(C(=O)Nc2ccc3c(c2)CN(S(=O)(=O)c2ccc(F)cc2)CC3)cc1. The summed E-state index contributed by atoms with van der Waals surface area (Å²) < 4.78 is 46.2. The number of ether oxygens (including phenoxy) is 1. The highest BCUT2D eigenvalue weighted by atomic mass is 32.2. The van der Waals surface area contributed by atoms with Crippen LogP contribution in [-0.4, -0.2) is 31.8 Å². The summed E-state index contributed by atoms with van der Waals surface area (Å²) in [5.74, 6) is -0.0186. The van der Waals surface area contributed by atoms with E-state index in [1.54, 1.807) is 24.3 Å². The van der Waals surface area contributed by atoms with E-state index in [2.05, 4.69) is 12.2 Å². The van der Waals surface area contributed by atoms with Crippen molar-refractivity contribution in [2.75, 3.05) is 18.5 Å². The summed E-state index contributed by atoms with van der Waals surface area (Å²) in [6.45, 7) is 3.26. The topological polar surface area (TPSA) is 75.7 Å². The number of carbonyl (C=O) groups is 1. The molecule has 3 aromatic rings. The van der Waals surface area contributed by atoms with E-state index < -0.39 is 15.8 Å². The first-order chi connectivity index (χ1) is 16.4. The number of sulfonamides is 1. The van der Waals surface area contributed by atoms with Gasteiger partial charge in [0.2, 0.25) is 10.0 Å². The summed E-state index contributed by atoms with van der Waals surface area (Å²) >= 11 is 0. The largest absolute Gasteiger partial charge is 0.494 e. The quantitative estimate of drug-likeness (QED) is 0.458. The lowest BCUT2D eigenvalue weighted by Crippen LogP contribution is -2.36. The molecule has 1 heterocycles. The van der Waals surface area contributed by atoms with Crippen molar-refractivity contribution >= 4 is 21.6 Å². The molecule has 0 aromatic heterocycles. The van der Waals surface area contributed by atoms with Crippen molar-refractivity contribution < 1.29 is 22.3 Å². The van der Waals surface area contributed by atoms with E-state index in [0.29, 0.717) is 30.8 Å². The molecule has 1 aliphatic heterocycles. The predicted octanol–water partition coefficient (Wildman–Crippen LogP) is 5.00. The Bertz CT molecular complexity index is 1260. The van der Waals surface area contributed by atoms with Crippen LogP contribution in [0.2, 0.25) is 0 Å². The molecule has 3 aromatic carbocycles. The molecule has 34 heavy (non-hydrogen) atoms. The maximum Gasteiger partial charge on any atom is 0.255 e. The molecule has 0 fully saturated rings. The molecule has 1 amide bonds. The second-order valence-electron chi connectivity index (χ2n) is 8.21. The molecular weight excluding hydrogens is 455 g/mol. The van der Waals surface area contributed by atoms with Crippen LogP contribution in [0.25, 0.3) is 0 Å². The van der Waals surface area contributed by atoms with E-state index in [4.69, 9.17) is 4.74 Å². The molecule has 0 radical (unpaired) electrons. The monoisotopic (exact) mass is 482 g/mol. The number of amides is 1. The minimum Gasteiger partial charge on any atom is -0.494 e. The van der Waals surface area contributed by atoms with Crippen molar-refractivity contribution in [2.45, 2.75) is 37.6 Å².